The fraction of sp³-hybridized carbons (Fsp3) is 1.00. The third-order valence-corrected chi connectivity index (χ3v) is 0.486. The summed E-state index contributed by atoms with van der Waals surface area (Å²) in [6.07, 6.45) is 0. The summed E-state index contributed by atoms with van der Waals surface area (Å²) in [6, 6.07) is 0. The molecule has 0 aliphatic carbocycles. The second-order valence-corrected chi connectivity index (χ2v) is 0.775. The predicted octanol–water partition coefficient (Wildman–Crippen LogP) is -5.51. The van der Waals surface area contributed by atoms with Crippen molar-refractivity contribution in [3.63, 3.8) is 0 Å². The van der Waals surface area contributed by atoms with Gasteiger partial charge in [-0.1, -0.05) is 0 Å². The van der Waals surface area contributed by atoms with Crippen molar-refractivity contribution in [1.82, 2.24) is 0 Å². The average Bonchev–Trinajstić information content (AvgIpc) is 1.37. The van der Waals surface area contributed by atoms with Gasteiger partial charge in [0.2, 0.25) is 0 Å². The SMILES string of the molecule is CC[O][Cr+2].[Cl-].[Cl-]. The van der Waals surface area contributed by atoms with Gasteiger partial charge in [-0.3, -0.25) is 0 Å². The quantitative estimate of drug-likeness (QED) is 0.379. The van der Waals surface area contributed by atoms with Crippen LogP contribution in [0.1, 0.15) is 6.92 Å². The van der Waals surface area contributed by atoms with Gasteiger partial charge in [-0.05, 0) is 0 Å². The summed E-state index contributed by atoms with van der Waals surface area (Å²) in [4.78, 5) is 0. The molecule has 0 rings (SSSR count). The molecule has 0 N–H and O–H groups in total. The van der Waals surface area contributed by atoms with E-state index in [0.717, 1.165) is 6.61 Å². The fourth-order valence-electron chi connectivity index (χ4n) is 0. The summed E-state index contributed by atoms with van der Waals surface area (Å²) < 4.78 is 4.42. The van der Waals surface area contributed by atoms with E-state index in [1.54, 1.807) is 0 Å². The zero-order chi connectivity index (χ0) is 3.41. The molecule has 0 fully saturated rings. The maximum atomic E-state index is 4.42. The van der Waals surface area contributed by atoms with Crippen LogP contribution in [0.4, 0.5) is 0 Å². The normalized spacial score (nSPS) is 4.67. The smallest absolute Gasteiger partial charge is 1.00 e. The number of rotatable bonds is 1. The molecule has 0 aromatic carbocycles. The first kappa shape index (κ1) is 15.7. The predicted molar refractivity (Wildman–Crippen MR) is 11.6 cm³/mol. The van der Waals surface area contributed by atoms with E-state index in [2.05, 4.69) is 20.4 Å². The minimum absolute atomic E-state index is 0. The number of hydrogen-bond donors (Lipinski definition) is 0. The van der Waals surface area contributed by atoms with Gasteiger partial charge in [0.25, 0.3) is 0 Å². The van der Waals surface area contributed by atoms with Crippen molar-refractivity contribution in [2.24, 2.45) is 0 Å². The van der Waals surface area contributed by atoms with Crippen molar-refractivity contribution >= 4 is 0 Å². The first-order valence-electron chi connectivity index (χ1n) is 1.16. The summed E-state index contributed by atoms with van der Waals surface area (Å²) in [6.45, 7) is 2.69. The van der Waals surface area contributed by atoms with Gasteiger partial charge in [0.05, 0.1) is 0 Å². The fourth-order valence-corrected chi connectivity index (χ4v) is 0. The molecule has 0 aliphatic rings. The maximum absolute atomic E-state index is 4.42. The Morgan fingerprint density at radius 1 is 1.50 bits per heavy atom. The van der Waals surface area contributed by atoms with Gasteiger partial charge in [-0.2, -0.15) is 0 Å². The molecule has 0 saturated heterocycles. The Balaban J connectivity index is -0.0000000450. The minimum Gasteiger partial charge on any atom is -1.00 e. The van der Waals surface area contributed by atoms with E-state index in [1.165, 1.54) is 0 Å². The topological polar surface area (TPSA) is 9.23 Å². The van der Waals surface area contributed by atoms with Gasteiger partial charge in [0, 0.05) is 0 Å². The molecule has 0 spiro atoms. The van der Waals surface area contributed by atoms with Gasteiger partial charge >= 0.3 is 33.9 Å². The van der Waals surface area contributed by atoms with Crippen LogP contribution in [-0.2, 0) is 20.4 Å². The largest absolute Gasteiger partial charge is 1.00 e. The summed E-state index contributed by atoms with van der Waals surface area (Å²) in [7, 11) is 0. The second-order valence-electron chi connectivity index (χ2n) is 0.407. The van der Waals surface area contributed by atoms with E-state index in [1.807, 2.05) is 6.92 Å². The van der Waals surface area contributed by atoms with Crippen LogP contribution in [0.5, 0.6) is 0 Å². The number of hydrogen-bond acceptors (Lipinski definition) is 1. The summed E-state index contributed by atoms with van der Waals surface area (Å²) in [5.74, 6) is 0. The van der Waals surface area contributed by atoms with Crippen molar-refractivity contribution in [2.45, 2.75) is 6.92 Å². The van der Waals surface area contributed by atoms with E-state index in [-0.39, 0.29) is 24.8 Å². The van der Waals surface area contributed by atoms with Gasteiger partial charge in [-0.25, -0.2) is 0 Å². The molecular formula is C2H5Cl2CrO. The molecule has 0 atom stereocenters. The molecule has 0 aromatic heterocycles. The van der Waals surface area contributed by atoms with Crippen LogP contribution in [0.25, 0.3) is 0 Å². The van der Waals surface area contributed by atoms with Crippen LogP contribution >= 0.6 is 0 Å². The van der Waals surface area contributed by atoms with Crippen molar-refractivity contribution in [3.8, 4) is 0 Å². The molecular weight excluding hydrogens is 163 g/mol. The molecule has 0 aliphatic heterocycles. The van der Waals surface area contributed by atoms with E-state index in [0.29, 0.717) is 0 Å². The van der Waals surface area contributed by atoms with Gasteiger partial charge in [0.15, 0.2) is 0 Å². The minimum atomic E-state index is 0. The molecule has 0 amide bonds. The van der Waals surface area contributed by atoms with Crippen molar-refractivity contribution in [1.29, 1.82) is 0 Å². The maximum Gasteiger partial charge on any atom is -1.00 e. The summed E-state index contributed by atoms with van der Waals surface area (Å²) in [5.41, 5.74) is 0. The monoisotopic (exact) mass is 167 g/mol. The first-order valence-corrected chi connectivity index (χ1v) is 1.68. The molecule has 6 heavy (non-hydrogen) atoms. The molecule has 0 radical (unpaired) electrons. The Labute approximate surface area is 59.0 Å². The van der Waals surface area contributed by atoms with Crippen LogP contribution in [0.2, 0.25) is 0 Å². The van der Waals surface area contributed by atoms with Crippen molar-refractivity contribution in [3.05, 3.63) is 0 Å². The van der Waals surface area contributed by atoms with Gasteiger partial charge in [-0.15, -0.1) is 0 Å². The Morgan fingerprint density at radius 2 is 1.67 bits per heavy atom. The molecule has 0 aromatic rings. The zero-order valence-corrected chi connectivity index (χ0v) is 6.07. The number of halogens is 2. The molecule has 0 bridgehead atoms. The molecule has 0 heterocycles. The molecule has 0 unspecified atom stereocenters. The Hall–Kier alpha value is 1.07. The summed E-state index contributed by atoms with van der Waals surface area (Å²) in [5, 5.41) is 0. The second kappa shape index (κ2) is 16.6. The Morgan fingerprint density at radius 3 is 1.67 bits per heavy atom. The van der Waals surface area contributed by atoms with Crippen LogP contribution in [0.3, 0.4) is 0 Å². The average molecular weight is 168 g/mol. The van der Waals surface area contributed by atoms with E-state index in [4.69, 9.17) is 0 Å². The van der Waals surface area contributed by atoms with Crippen molar-refractivity contribution < 1.29 is 45.2 Å². The molecule has 0 saturated carbocycles. The van der Waals surface area contributed by atoms with Crippen molar-refractivity contribution in [2.75, 3.05) is 6.61 Å². The molecule has 39 valence electrons. The first-order chi connectivity index (χ1) is 1.91. The van der Waals surface area contributed by atoms with E-state index in [9.17, 15) is 0 Å². The Bertz CT molecular complexity index is 13.5. The zero-order valence-electron chi connectivity index (χ0n) is 3.28. The van der Waals surface area contributed by atoms with Crippen LogP contribution in [0, 0.1) is 0 Å². The Kier molecular flexibility index (Phi) is 43.4. The molecule has 4 heteroatoms. The van der Waals surface area contributed by atoms with Crippen LogP contribution in [0.15, 0.2) is 0 Å². The third kappa shape index (κ3) is 19.6. The van der Waals surface area contributed by atoms with Gasteiger partial charge < -0.3 is 24.8 Å². The summed E-state index contributed by atoms with van der Waals surface area (Å²) >= 11 is 2.39. The third-order valence-electron chi connectivity index (χ3n) is 0.118. The van der Waals surface area contributed by atoms with E-state index >= 15 is 0 Å². The molecule has 1 nitrogen and oxygen atoms in total. The standard InChI is InChI=1S/C2H5O.2ClH.Cr/c1-2-3;;;/h2H2,1H3;2*1H;/q-1;;;+3/p-2. The van der Waals surface area contributed by atoms with Gasteiger partial charge in [0.1, 0.15) is 0 Å². The van der Waals surface area contributed by atoms with Crippen LogP contribution in [-0.4, -0.2) is 6.61 Å². The van der Waals surface area contributed by atoms with Crippen LogP contribution < -0.4 is 24.8 Å². The van der Waals surface area contributed by atoms with E-state index < -0.39 is 0 Å².